The lowest BCUT2D eigenvalue weighted by molar-refractivity contribution is 0.117. The van der Waals surface area contributed by atoms with Gasteiger partial charge in [-0.2, -0.15) is 5.10 Å². The van der Waals surface area contributed by atoms with E-state index in [2.05, 4.69) is 49.9 Å². The predicted molar refractivity (Wildman–Crippen MR) is 84.5 cm³/mol. The largest absolute Gasteiger partial charge is 0.329 e. The van der Waals surface area contributed by atoms with E-state index in [1.165, 1.54) is 10.9 Å². The quantitative estimate of drug-likeness (QED) is 0.880. The number of rotatable bonds is 6. The fraction of sp³-hybridized carbons (Fsp3) is 0.562. The van der Waals surface area contributed by atoms with Crippen LogP contribution in [0.25, 0.3) is 10.9 Å². The lowest BCUT2D eigenvalue weighted by Gasteiger charge is -2.37. The van der Waals surface area contributed by atoms with Crippen LogP contribution in [-0.2, 0) is 13.6 Å². The number of para-hydroxylation sites is 1. The minimum atomic E-state index is -0.00532. The molecule has 4 heteroatoms. The maximum atomic E-state index is 5.94. The first-order valence-corrected chi connectivity index (χ1v) is 7.35. The van der Waals surface area contributed by atoms with Crippen LogP contribution in [0.3, 0.4) is 0 Å². The first-order chi connectivity index (χ1) is 9.49. The van der Waals surface area contributed by atoms with Crippen LogP contribution >= 0.6 is 0 Å². The Morgan fingerprint density at radius 1 is 1.30 bits per heavy atom. The van der Waals surface area contributed by atoms with E-state index >= 15 is 0 Å². The third kappa shape index (κ3) is 2.86. The van der Waals surface area contributed by atoms with Gasteiger partial charge < -0.3 is 5.73 Å². The van der Waals surface area contributed by atoms with Gasteiger partial charge >= 0.3 is 0 Å². The Morgan fingerprint density at radius 2 is 2.00 bits per heavy atom. The van der Waals surface area contributed by atoms with Crippen molar-refractivity contribution in [1.29, 1.82) is 0 Å². The summed E-state index contributed by atoms with van der Waals surface area (Å²) in [5.41, 5.74) is 8.26. The van der Waals surface area contributed by atoms with E-state index in [1.54, 1.807) is 0 Å². The summed E-state index contributed by atoms with van der Waals surface area (Å²) in [4.78, 5) is 2.43. The molecule has 20 heavy (non-hydrogen) atoms. The number of aryl methyl sites for hydroxylation is 1. The third-order valence-electron chi connectivity index (χ3n) is 4.02. The number of hydrogen-bond acceptors (Lipinski definition) is 3. The van der Waals surface area contributed by atoms with Crippen molar-refractivity contribution >= 4 is 10.9 Å². The molecular formula is C16H26N4. The highest BCUT2D eigenvalue weighted by molar-refractivity contribution is 5.81. The van der Waals surface area contributed by atoms with Crippen molar-refractivity contribution in [3.05, 3.63) is 30.0 Å². The molecular weight excluding hydrogens is 248 g/mol. The van der Waals surface area contributed by atoms with Gasteiger partial charge in [0.1, 0.15) is 0 Å². The summed E-state index contributed by atoms with van der Waals surface area (Å²) in [6.07, 6.45) is 1.12. The Hall–Kier alpha value is -1.39. The molecule has 1 heterocycles. The molecule has 0 spiro atoms. The molecule has 0 saturated heterocycles. The monoisotopic (exact) mass is 274 g/mol. The van der Waals surface area contributed by atoms with E-state index < -0.39 is 0 Å². The molecule has 0 aliphatic rings. The van der Waals surface area contributed by atoms with Gasteiger partial charge in [0.25, 0.3) is 0 Å². The zero-order valence-corrected chi connectivity index (χ0v) is 13.1. The van der Waals surface area contributed by atoms with Crippen molar-refractivity contribution in [2.75, 3.05) is 13.1 Å². The number of hydrogen-bond donors (Lipinski definition) is 1. The Morgan fingerprint density at radius 3 is 2.65 bits per heavy atom. The van der Waals surface area contributed by atoms with Crippen LogP contribution in [0.2, 0.25) is 0 Å². The second kappa shape index (κ2) is 5.94. The molecule has 0 saturated carbocycles. The highest BCUT2D eigenvalue weighted by Gasteiger charge is 2.26. The van der Waals surface area contributed by atoms with Gasteiger partial charge in [-0.1, -0.05) is 25.1 Å². The summed E-state index contributed by atoms with van der Waals surface area (Å²) >= 11 is 0. The van der Waals surface area contributed by atoms with Gasteiger partial charge in [-0.3, -0.25) is 9.58 Å². The smallest absolute Gasteiger partial charge is 0.0843 e. The average molecular weight is 274 g/mol. The third-order valence-corrected chi connectivity index (χ3v) is 4.02. The van der Waals surface area contributed by atoms with Crippen LogP contribution in [-0.4, -0.2) is 33.3 Å². The van der Waals surface area contributed by atoms with Crippen molar-refractivity contribution in [3.8, 4) is 0 Å². The summed E-state index contributed by atoms with van der Waals surface area (Å²) in [5, 5.41) is 5.93. The molecule has 4 nitrogen and oxygen atoms in total. The van der Waals surface area contributed by atoms with Crippen molar-refractivity contribution in [1.82, 2.24) is 14.7 Å². The molecule has 0 aliphatic carbocycles. The van der Waals surface area contributed by atoms with Crippen molar-refractivity contribution < 1.29 is 0 Å². The highest BCUT2D eigenvalue weighted by Crippen LogP contribution is 2.22. The molecule has 0 bridgehead atoms. The lowest BCUT2D eigenvalue weighted by Crippen LogP contribution is -2.49. The maximum absolute atomic E-state index is 5.94. The second-order valence-corrected chi connectivity index (χ2v) is 6.03. The molecule has 0 fully saturated rings. The van der Waals surface area contributed by atoms with E-state index in [1.807, 2.05) is 11.7 Å². The summed E-state index contributed by atoms with van der Waals surface area (Å²) in [5.74, 6) is 0. The van der Waals surface area contributed by atoms with Gasteiger partial charge in [-0.15, -0.1) is 0 Å². The van der Waals surface area contributed by atoms with Gasteiger partial charge in [-0.25, -0.2) is 0 Å². The van der Waals surface area contributed by atoms with Crippen LogP contribution in [0.1, 0.15) is 32.9 Å². The molecule has 0 amide bonds. The molecule has 0 radical (unpaired) electrons. The van der Waals surface area contributed by atoms with Gasteiger partial charge in [0.05, 0.1) is 11.2 Å². The Kier molecular flexibility index (Phi) is 4.45. The Bertz CT molecular complexity index is 571. The molecule has 2 rings (SSSR count). The molecule has 0 unspecified atom stereocenters. The zero-order valence-electron chi connectivity index (χ0n) is 13.1. The number of benzene rings is 1. The Balaban J connectivity index is 2.34. The number of nitrogens with zero attached hydrogens (tertiary/aromatic N) is 3. The van der Waals surface area contributed by atoms with Crippen LogP contribution in [0.15, 0.2) is 24.3 Å². The van der Waals surface area contributed by atoms with Crippen LogP contribution in [0, 0.1) is 0 Å². The first kappa shape index (κ1) is 15.0. The minimum Gasteiger partial charge on any atom is -0.329 e. The fourth-order valence-electron chi connectivity index (χ4n) is 2.58. The number of nitrogens with two attached hydrogens (primary N) is 1. The summed E-state index contributed by atoms with van der Waals surface area (Å²) in [6, 6.07) is 8.40. The second-order valence-electron chi connectivity index (χ2n) is 6.03. The summed E-state index contributed by atoms with van der Waals surface area (Å²) < 4.78 is 1.96. The molecule has 1 aromatic heterocycles. The Labute approximate surface area is 121 Å². The van der Waals surface area contributed by atoms with E-state index in [0.717, 1.165) is 25.2 Å². The van der Waals surface area contributed by atoms with E-state index in [4.69, 9.17) is 10.8 Å². The van der Waals surface area contributed by atoms with Crippen molar-refractivity contribution in [2.45, 2.75) is 39.3 Å². The van der Waals surface area contributed by atoms with E-state index in [-0.39, 0.29) is 5.54 Å². The molecule has 2 N–H and O–H groups in total. The highest BCUT2D eigenvalue weighted by atomic mass is 15.3. The van der Waals surface area contributed by atoms with Crippen LogP contribution in [0.5, 0.6) is 0 Å². The average Bonchev–Trinajstić information content (AvgIpc) is 2.76. The van der Waals surface area contributed by atoms with Crippen LogP contribution < -0.4 is 5.73 Å². The van der Waals surface area contributed by atoms with E-state index in [0.29, 0.717) is 6.54 Å². The predicted octanol–water partition coefficient (Wildman–Crippen LogP) is 2.52. The normalized spacial score (nSPS) is 12.5. The van der Waals surface area contributed by atoms with Gasteiger partial charge in [0, 0.05) is 31.1 Å². The first-order valence-electron chi connectivity index (χ1n) is 7.35. The van der Waals surface area contributed by atoms with Gasteiger partial charge in [0.15, 0.2) is 0 Å². The van der Waals surface area contributed by atoms with Gasteiger partial charge in [-0.05, 0) is 32.9 Å². The fourth-order valence-corrected chi connectivity index (χ4v) is 2.58. The van der Waals surface area contributed by atoms with Gasteiger partial charge in [0.2, 0.25) is 0 Å². The summed E-state index contributed by atoms with van der Waals surface area (Å²) in [7, 11) is 2.00. The molecule has 0 atom stereocenters. The zero-order chi connectivity index (χ0) is 14.8. The molecule has 110 valence electrons. The van der Waals surface area contributed by atoms with Crippen LogP contribution in [0.4, 0.5) is 0 Å². The topological polar surface area (TPSA) is 47.1 Å². The van der Waals surface area contributed by atoms with Crippen molar-refractivity contribution in [3.63, 3.8) is 0 Å². The number of fused-ring (bicyclic) bond motifs is 1. The van der Waals surface area contributed by atoms with Crippen molar-refractivity contribution in [2.24, 2.45) is 12.8 Å². The molecule has 0 aliphatic heterocycles. The molecule has 2 aromatic rings. The van der Waals surface area contributed by atoms with E-state index in [9.17, 15) is 0 Å². The lowest BCUT2D eigenvalue weighted by atomic mass is 10.0. The molecule has 1 aromatic carbocycles. The maximum Gasteiger partial charge on any atom is 0.0843 e. The SMILES string of the molecule is CCCN(Cc1nn(C)c2ccccc12)C(C)(C)CN. The minimum absolute atomic E-state index is 0.00532. The summed E-state index contributed by atoms with van der Waals surface area (Å²) in [6.45, 7) is 9.14. The standard InChI is InChI=1S/C16H26N4/c1-5-10-20(16(2,3)12-17)11-14-13-8-6-7-9-15(13)19(4)18-14/h6-9H,5,10-12,17H2,1-4H3. The number of aromatic nitrogens is 2.